The largest absolute Gasteiger partial charge is 0.274 e. The number of amides is 2. The Hall–Kier alpha value is -1.13. The van der Waals surface area contributed by atoms with E-state index in [1.165, 1.54) is 4.90 Å². The first kappa shape index (κ1) is 12.6. The Morgan fingerprint density at radius 3 is 2.25 bits per heavy atom. The van der Waals surface area contributed by atoms with Crippen LogP contribution in [0.5, 0.6) is 0 Å². The number of carbonyl (C=O) groups excluding carboxylic acids is 2. The van der Waals surface area contributed by atoms with E-state index >= 15 is 0 Å². The van der Waals surface area contributed by atoms with Gasteiger partial charge in [-0.25, -0.2) is 4.90 Å². The lowest BCUT2D eigenvalue weighted by molar-refractivity contribution is -0.123. The highest BCUT2D eigenvalue weighted by atomic mass is 79.9. The second-order valence-corrected chi connectivity index (χ2v) is 6.93. The number of rotatable bonds is 1. The van der Waals surface area contributed by atoms with Crippen molar-refractivity contribution < 1.29 is 9.59 Å². The molecule has 1 aliphatic heterocycles. The minimum Gasteiger partial charge on any atom is -0.274 e. The molecular weight excluding hydrogens is 342 g/mol. The van der Waals surface area contributed by atoms with Crippen LogP contribution in [0.25, 0.3) is 0 Å². The fraction of sp³-hybridized carbons (Fsp3) is 0.333. The summed E-state index contributed by atoms with van der Waals surface area (Å²) in [4.78, 5) is 26.5. The summed E-state index contributed by atoms with van der Waals surface area (Å²) in [6, 6.07) is 5.22. The number of benzene rings is 1. The summed E-state index contributed by atoms with van der Waals surface area (Å²) in [6.45, 7) is 0. The van der Waals surface area contributed by atoms with Gasteiger partial charge in [-0.2, -0.15) is 0 Å². The molecule has 1 saturated carbocycles. The summed E-state index contributed by atoms with van der Waals surface area (Å²) in [5.41, 5.74) is 0.499. The van der Waals surface area contributed by atoms with Crippen molar-refractivity contribution in [3.63, 3.8) is 0 Å². The van der Waals surface area contributed by atoms with Crippen LogP contribution < -0.4 is 4.90 Å². The van der Waals surface area contributed by atoms with Gasteiger partial charge in [-0.3, -0.25) is 9.59 Å². The number of allylic oxidation sites excluding steroid dienone is 2. The fourth-order valence-corrected chi connectivity index (χ4v) is 4.56. The lowest BCUT2D eigenvalue weighted by Crippen LogP contribution is -2.33. The molecule has 5 heteroatoms. The average molecular weight is 353 g/mol. The Balaban J connectivity index is 1.78. The molecule has 1 aromatic carbocycles. The van der Waals surface area contributed by atoms with Crippen molar-refractivity contribution in [2.75, 3.05) is 4.90 Å². The first-order valence-corrected chi connectivity index (χ1v) is 7.76. The van der Waals surface area contributed by atoms with Crippen molar-refractivity contribution in [1.82, 2.24) is 0 Å². The Bertz CT molecular complexity index is 642. The van der Waals surface area contributed by atoms with Crippen molar-refractivity contribution in [3.8, 4) is 0 Å². The van der Waals surface area contributed by atoms with E-state index in [-0.39, 0.29) is 35.5 Å². The molecule has 20 heavy (non-hydrogen) atoms. The van der Waals surface area contributed by atoms with Crippen molar-refractivity contribution in [2.24, 2.45) is 23.7 Å². The predicted octanol–water partition coefficient (Wildman–Crippen LogP) is 3.41. The zero-order chi connectivity index (χ0) is 14.0. The van der Waals surface area contributed by atoms with Crippen LogP contribution in [0.4, 0.5) is 5.69 Å². The van der Waals surface area contributed by atoms with Crippen molar-refractivity contribution in [3.05, 3.63) is 39.8 Å². The number of fused-ring (bicyclic) bond motifs is 5. The van der Waals surface area contributed by atoms with Gasteiger partial charge < -0.3 is 0 Å². The van der Waals surface area contributed by atoms with E-state index in [9.17, 15) is 9.59 Å². The average Bonchev–Trinajstić information content (AvgIpc) is 3.06. The molecule has 0 N–H and O–H groups in total. The molecule has 2 amide bonds. The van der Waals surface area contributed by atoms with Gasteiger partial charge in [0.05, 0.1) is 22.5 Å². The molecule has 4 rings (SSSR count). The highest BCUT2D eigenvalue weighted by Crippen LogP contribution is 2.53. The molecule has 2 bridgehead atoms. The summed E-state index contributed by atoms with van der Waals surface area (Å²) in [6.07, 6.45) is 5.11. The molecular formula is C15H11BrClNO2. The highest BCUT2D eigenvalue weighted by Gasteiger charge is 2.59. The van der Waals surface area contributed by atoms with Gasteiger partial charge in [-0.1, -0.05) is 39.7 Å². The maximum atomic E-state index is 12.6. The number of halogens is 2. The number of anilines is 1. The maximum Gasteiger partial charge on any atom is 0.238 e. The number of carbonyl (C=O) groups is 2. The van der Waals surface area contributed by atoms with Crippen LogP contribution >= 0.6 is 27.5 Å². The summed E-state index contributed by atoms with van der Waals surface area (Å²) in [7, 11) is 0. The van der Waals surface area contributed by atoms with Gasteiger partial charge in [-0.05, 0) is 36.5 Å². The van der Waals surface area contributed by atoms with Crippen LogP contribution in [0, 0.1) is 23.7 Å². The van der Waals surface area contributed by atoms with E-state index < -0.39 is 0 Å². The van der Waals surface area contributed by atoms with Crippen LogP contribution in [0.15, 0.2) is 34.8 Å². The molecule has 4 atom stereocenters. The summed E-state index contributed by atoms with van der Waals surface area (Å²) in [5.74, 6) is -0.113. The van der Waals surface area contributed by atoms with Gasteiger partial charge in [0.1, 0.15) is 0 Å². The minimum atomic E-state index is -0.183. The smallest absolute Gasteiger partial charge is 0.238 e. The third kappa shape index (κ3) is 1.52. The quantitative estimate of drug-likeness (QED) is 0.574. The lowest BCUT2D eigenvalue weighted by atomic mass is 9.85. The standard InChI is InChI=1S/C15H11BrClNO2/c16-9-3-4-11(10(17)6-9)18-14(19)12-7-1-2-8(5-7)13(12)15(18)20/h1-4,6-8,12-13H,5H2/t7-,8-,12-,13+/m0/s1. The zero-order valence-electron chi connectivity index (χ0n) is 10.4. The molecule has 1 saturated heterocycles. The molecule has 0 aromatic heterocycles. The molecule has 102 valence electrons. The predicted molar refractivity (Wildman–Crippen MR) is 79.4 cm³/mol. The van der Waals surface area contributed by atoms with E-state index in [0.717, 1.165) is 10.9 Å². The molecule has 3 nitrogen and oxygen atoms in total. The number of hydrogen-bond acceptors (Lipinski definition) is 2. The van der Waals surface area contributed by atoms with E-state index in [1.54, 1.807) is 18.2 Å². The van der Waals surface area contributed by atoms with Crippen molar-refractivity contribution in [1.29, 1.82) is 0 Å². The Kier molecular flexibility index (Phi) is 2.63. The Morgan fingerprint density at radius 2 is 1.70 bits per heavy atom. The zero-order valence-corrected chi connectivity index (χ0v) is 12.8. The van der Waals surface area contributed by atoms with Gasteiger partial charge in [-0.15, -0.1) is 0 Å². The normalized spacial score (nSPS) is 34.2. The molecule has 0 spiro atoms. The topological polar surface area (TPSA) is 37.4 Å². The summed E-state index contributed by atoms with van der Waals surface area (Å²) < 4.78 is 0.826. The summed E-state index contributed by atoms with van der Waals surface area (Å²) >= 11 is 9.52. The van der Waals surface area contributed by atoms with Crippen LogP contribution in [0.3, 0.4) is 0 Å². The fourth-order valence-electron chi connectivity index (χ4n) is 3.80. The number of hydrogen-bond donors (Lipinski definition) is 0. The second-order valence-electron chi connectivity index (χ2n) is 5.61. The van der Waals surface area contributed by atoms with E-state index in [2.05, 4.69) is 28.1 Å². The SMILES string of the molecule is O=C1[C@@H]2[C@H](C(=O)N1c1ccc(Br)cc1Cl)[C@H]1C=C[C@H]2C1. The van der Waals surface area contributed by atoms with Crippen LogP contribution in [0.2, 0.25) is 5.02 Å². The van der Waals surface area contributed by atoms with Crippen molar-refractivity contribution in [2.45, 2.75) is 6.42 Å². The first-order chi connectivity index (χ1) is 9.58. The van der Waals surface area contributed by atoms with Gasteiger partial charge in [0, 0.05) is 4.47 Å². The first-order valence-electron chi connectivity index (χ1n) is 6.59. The minimum absolute atomic E-state index is 0.0962. The summed E-state index contributed by atoms with van der Waals surface area (Å²) in [5, 5.41) is 0.418. The molecule has 1 heterocycles. The third-order valence-corrected chi connectivity index (χ3v) is 5.42. The van der Waals surface area contributed by atoms with Gasteiger partial charge in [0.15, 0.2) is 0 Å². The van der Waals surface area contributed by atoms with Crippen molar-refractivity contribution >= 4 is 45.0 Å². The third-order valence-electron chi connectivity index (χ3n) is 4.62. The van der Waals surface area contributed by atoms with E-state index in [1.807, 2.05) is 0 Å². The molecule has 1 aromatic rings. The molecule has 2 fully saturated rings. The number of imide groups is 1. The molecule has 2 aliphatic carbocycles. The lowest BCUT2D eigenvalue weighted by Gasteiger charge is -2.18. The van der Waals surface area contributed by atoms with Gasteiger partial charge in [0.25, 0.3) is 0 Å². The number of nitrogens with zero attached hydrogens (tertiary/aromatic N) is 1. The van der Waals surface area contributed by atoms with Crippen LogP contribution in [-0.4, -0.2) is 11.8 Å². The Labute approximate surface area is 129 Å². The second kappa shape index (κ2) is 4.18. The highest BCUT2D eigenvalue weighted by molar-refractivity contribution is 9.10. The van der Waals surface area contributed by atoms with E-state index in [0.29, 0.717) is 10.7 Å². The molecule has 0 unspecified atom stereocenters. The van der Waals surface area contributed by atoms with Gasteiger partial charge in [0.2, 0.25) is 11.8 Å². The van der Waals surface area contributed by atoms with Crippen LogP contribution in [-0.2, 0) is 9.59 Å². The van der Waals surface area contributed by atoms with Gasteiger partial charge >= 0.3 is 0 Å². The van der Waals surface area contributed by atoms with E-state index in [4.69, 9.17) is 11.6 Å². The van der Waals surface area contributed by atoms with Crippen LogP contribution in [0.1, 0.15) is 6.42 Å². The molecule has 3 aliphatic rings. The maximum absolute atomic E-state index is 12.6. The Morgan fingerprint density at radius 1 is 1.10 bits per heavy atom. The monoisotopic (exact) mass is 351 g/mol. The molecule has 0 radical (unpaired) electrons.